The predicted molar refractivity (Wildman–Crippen MR) is 91.1 cm³/mol. The number of benzene rings is 1. The van der Waals surface area contributed by atoms with Crippen molar-refractivity contribution in [3.8, 4) is 0 Å². The smallest absolute Gasteiger partial charge is 0.254 e. The number of carbonyl (C=O) groups excluding carboxylic acids is 3. The first-order chi connectivity index (χ1) is 11.0. The van der Waals surface area contributed by atoms with Crippen LogP contribution in [0.5, 0.6) is 0 Å². The molecule has 2 amide bonds. The Morgan fingerprint density at radius 3 is 2.43 bits per heavy atom. The van der Waals surface area contributed by atoms with Crippen LogP contribution in [0.4, 0.5) is 0 Å². The van der Waals surface area contributed by atoms with E-state index in [0.29, 0.717) is 18.7 Å². The number of hydrogen-bond acceptors (Lipinski definition) is 3. The van der Waals surface area contributed by atoms with Crippen LogP contribution in [0.1, 0.15) is 43.0 Å². The number of piperidine rings is 1. The fraction of sp³-hybridized carbons (Fsp3) is 0.471. The second-order valence-electron chi connectivity index (χ2n) is 5.82. The number of amides is 2. The van der Waals surface area contributed by atoms with Gasteiger partial charge in [0, 0.05) is 36.4 Å². The zero-order valence-corrected chi connectivity index (χ0v) is 14.8. The molecule has 0 unspecified atom stereocenters. The SMILES string of the molecule is CC(=O)CCC(=O)NC1CCN(C(=O)c2ccccc2Br)CC1. The van der Waals surface area contributed by atoms with E-state index in [1.807, 2.05) is 29.2 Å². The van der Waals surface area contributed by atoms with Gasteiger partial charge in [0.05, 0.1) is 5.56 Å². The molecular weight excluding hydrogens is 360 g/mol. The molecule has 1 fully saturated rings. The number of halogens is 1. The summed E-state index contributed by atoms with van der Waals surface area (Å²) in [6.45, 7) is 2.73. The summed E-state index contributed by atoms with van der Waals surface area (Å²) in [4.78, 5) is 37.0. The first kappa shape index (κ1) is 17.7. The van der Waals surface area contributed by atoms with Gasteiger partial charge in [-0.25, -0.2) is 0 Å². The Hall–Kier alpha value is -1.69. The Morgan fingerprint density at radius 1 is 1.17 bits per heavy atom. The van der Waals surface area contributed by atoms with Crippen molar-refractivity contribution in [2.24, 2.45) is 0 Å². The minimum absolute atomic E-state index is 0.0128. The highest BCUT2D eigenvalue weighted by atomic mass is 79.9. The average Bonchev–Trinajstić information content (AvgIpc) is 2.53. The van der Waals surface area contributed by atoms with Crippen LogP contribution in [0.2, 0.25) is 0 Å². The monoisotopic (exact) mass is 380 g/mol. The zero-order chi connectivity index (χ0) is 16.8. The molecule has 2 rings (SSSR count). The molecule has 1 aromatic carbocycles. The van der Waals surface area contributed by atoms with Gasteiger partial charge in [0.25, 0.3) is 5.91 Å². The lowest BCUT2D eigenvalue weighted by Crippen LogP contribution is -2.46. The lowest BCUT2D eigenvalue weighted by molar-refractivity contribution is -0.125. The summed E-state index contributed by atoms with van der Waals surface area (Å²) in [5.41, 5.74) is 0.663. The topological polar surface area (TPSA) is 66.5 Å². The van der Waals surface area contributed by atoms with Gasteiger partial charge in [-0.2, -0.15) is 0 Å². The van der Waals surface area contributed by atoms with Crippen molar-refractivity contribution in [3.63, 3.8) is 0 Å². The molecule has 0 spiro atoms. The van der Waals surface area contributed by atoms with Crippen LogP contribution in [-0.4, -0.2) is 41.6 Å². The summed E-state index contributed by atoms with van der Waals surface area (Å²) in [7, 11) is 0. The van der Waals surface area contributed by atoms with E-state index in [2.05, 4.69) is 21.2 Å². The van der Waals surface area contributed by atoms with E-state index in [0.717, 1.165) is 17.3 Å². The van der Waals surface area contributed by atoms with E-state index in [-0.39, 0.29) is 36.5 Å². The average molecular weight is 381 g/mol. The number of carbonyl (C=O) groups is 3. The van der Waals surface area contributed by atoms with Crippen LogP contribution in [0.3, 0.4) is 0 Å². The summed E-state index contributed by atoms with van der Waals surface area (Å²) in [5, 5.41) is 2.95. The van der Waals surface area contributed by atoms with Gasteiger partial charge in [-0.05, 0) is 47.8 Å². The standard InChI is InChI=1S/C17H21BrN2O3/c1-12(21)6-7-16(22)19-13-8-10-20(11-9-13)17(23)14-4-2-3-5-15(14)18/h2-5,13H,6-11H2,1H3,(H,19,22). The fourth-order valence-corrected chi connectivity index (χ4v) is 3.08. The van der Waals surface area contributed by atoms with E-state index < -0.39 is 0 Å². The summed E-state index contributed by atoms with van der Waals surface area (Å²) in [6.07, 6.45) is 2.00. The van der Waals surface area contributed by atoms with Crippen molar-refractivity contribution in [2.75, 3.05) is 13.1 Å². The fourth-order valence-electron chi connectivity index (χ4n) is 2.62. The number of likely N-dealkylation sites (tertiary alicyclic amines) is 1. The van der Waals surface area contributed by atoms with Crippen molar-refractivity contribution in [3.05, 3.63) is 34.3 Å². The minimum Gasteiger partial charge on any atom is -0.353 e. The van der Waals surface area contributed by atoms with Gasteiger partial charge in [-0.1, -0.05) is 12.1 Å². The normalized spacial score (nSPS) is 15.3. The van der Waals surface area contributed by atoms with Gasteiger partial charge < -0.3 is 15.0 Å². The Kier molecular flexibility index (Phi) is 6.33. The second-order valence-corrected chi connectivity index (χ2v) is 6.67. The number of ketones is 1. The van der Waals surface area contributed by atoms with Gasteiger partial charge in [0.2, 0.25) is 5.91 Å². The predicted octanol–water partition coefficient (Wildman–Crippen LogP) is 2.54. The van der Waals surface area contributed by atoms with Crippen molar-refractivity contribution < 1.29 is 14.4 Å². The molecule has 1 aliphatic rings. The molecule has 0 bridgehead atoms. The highest BCUT2D eigenvalue weighted by Crippen LogP contribution is 2.20. The lowest BCUT2D eigenvalue weighted by atomic mass is 10.0. The molecule has 1 saturated heterocycles. The van der Waals surface area contributed by atoms with Crippen LogP contribution in [0.15, 0.2) is 28.7 Å². The molecule has 124 valence electrons. The van der Waals surface area contributed by atoms with Crippen molar-refractivity contribution in [1.82, 2.24) is 10.2 Å². The number of Topliss-reactive ketones (excluding diaryl/α,β-unsaturated/α-hetero) is 1. The number of rotatable bonds is 5. The van der Waals surface area contributed by atoms with Gasteiger partial charge in [0.15, 0.2) is 0 Å². The first-order valence-electron chi connectivity index (χ1n) is 7.80. The highest BCUT2D eigenvalue weighted by molar-refractivity contribution is 9.10. The molecule has 23 heavy (non-hydrogen) atoms. The first-order valence-corrected chi connectivity index (χ1v) is 8.59. The van der Waals surface area contributed by atoms with Crippen molar-refractivity contribution >= 4 is 33.5 Å². The van der Waals surface area contributed by atoms with E-state index in [1.54, 1.807) is 0 Å². The van der Waals surface area contributed by atoms with Gasteiger partial charge >= 0.3 is 0 Å². The molecule has 0 aliphatic carbocycles. The highest BCUT2D eigenvalue weighted by Gasteiger charge is 2.25. The summed E-state index contributed by atoms with van der Waals surface area (Å²) >= 11 is 3.40. The molecule has 1 aliphatic heterocycles. The summed E-state index contributed by atoms with van der Waals surface area (Å²) in [5.74, 6) is -0.0522. The Morgan fingerprint density at radius 2 is 1.83 bits per heavy atom. The van der Waals surface area contributed by atoms with E-state index >= 15 is 0 Å². The quantitative estimate of drug-likeness (QED) is 0.853. The summed E-state index contributed by atoms with van der Waals surface area (Å²) in [6, 6.07) is 7.47. The largest absolute Gasteiger partial charge is 0.353 e. The third-order valence-electron chi connectivity index (χ3n) is 3.96. The van der Waals surface area contributed by atoms with Gasteiger partial charge in [-0.15, -0.1) is 0 Å². The number of hydrogen-bond donors (Lipinski definition) is 1. The van der Waals surface area contributed by atoms with Crippen LogP contribution in [0, 0.1) is 0 Å². The maximum atomic E-state index is 12.5. The molecule has 0 saturated carbocycles. The van der Waals surface area contributed by atoms with Gasteiger partial charge in [0.1, 0.15) is 5.78 Å². The molecule has 1 heterocycles. The lowest BCUT2D eigenvalue weighted by Gasteiger charge is -2.32. The van der Waals surface area contributed by atoms with Crippen LogP contribution in [-0.2, 0) is 9.59 Å². The number of nitrogens with zero attached hydrogens (tertiary/aromatic N) is 1. The van der Waals surface area contributed by atoms with Crippen molar-refractivity contribution in [1.29, 1.82) is 0 Å². The van der Waals surface area contributed by atoms with Gasteiger partial charge in [-0.3, -0.25) is 9.59 Å². The zero-order valence-electron chi connectivity index (χ0n) is 13.2. The maximum absolute atomic E-state index is 12.5. The van der Waals surface area contributed by atoms with Crippen LogP contribution >= 0.6 is 15.9 Å². The molecular formula is C17H21BrN2O3. The molecule has 0 aromatic heterocycles. The second kappa shape index (κ2) is 8.24. The Balaban J connectivity index is 1.82. The maximum Gasteiger partial charge on any atom is 0.254 e. The molecule has 0 radical (unpaired) electrons. The van der Waals surface area contributed by atoms with E-state index in [4.69, 9.17) is 0 Å². The van der Waals surface area contributed by atoms with Crippen LogP contribution in [0.25, 0.3) is 0 Å². The molecule has 0 atom stereocenters. The minimum atomic E-state index is -0.0872. The number of nitrogens with one attached hydrogen (secondary N) is 1. The van der Waals surface area contributed by atoms with Crippen LogP contribution < -0.4 is 5.32 Å². The molecule has 1 aromatic rings. The molecule has 1 N–H and O–H groups in total. The Bertz CT molecular complexity index is 595. The molecule has 5 nitrogen and oxygen atoms in total. The third kappa shape index (κ3) is 5.16. The van der Waals surface area contributed by atoms with Crippen molar-refractivity contribution in [2.45, 2.75) is 38.6 Å². The molecule has 6 heteroatoms. The Labute approximate surface area is 144 Å². The van der Waals surface area contributed by atoms with E-state index in [9.17, 15) is 14.4 Å². The third-order valence-corrected chi connectivity index (χ3v) is 4.65. The van der Waals surface area contributed by atoms with E-state index in [1.165, 1.54) is 6.92 Å². The summed E-state index contributed by atoms with van der Waals surface area (Å²) < 4.78 is 0.796.